The predicted octanol–water partition coefficient (Wildman–Crippen LogP) is 4.71. The van der Waals surface area contributed by atoms with Crippen molar-refractivity contribution in [3.05, 3.63) is 69.6 Å². The first-order chi connectivity index (χ1) is 16.9. The van der Waals surface area contributed by atoms with E-state index in [-0.39, 0.29) is 30.9 Å². The molecule has 0 saturated carbocycles. The van der Waals surface area contributed by atoms with Gasteiger partial charge in [0, 0.05) is 50.3 Å². The number of piperidine rings is 1. The quantitative estimate of drug-likeness (QED) is 0.652. The van der Waals surface area contributed by atoms with E-state index in [1.165, 1.54) is 0 Å². The van der Waals surface area contributed by atoms with Crippen LogP contribution in [0, 0.1) is 13.0 Å². The van der Waals surface area contributed by atoms with E-state index in [1.807, 2.05) is 13.0 Å². The average Bonchev–Trinajstić information content (AvgIpc) is 3.39. The summed E-state index contributed by atoms with van der Waals surface area (Å²) in [4.78, 5) is 31.0. The van der Waals surface area contributed by atoms with E-state index in [0.717, 1.165) is 30.6 Å². The molecule has 2 saturated heterocycles. The highest BCUT2D eigenvalue weighted by atomic mass is 19.1. The lowest BCUT2D eigenvalue weighted by molar-refractivity contribution is 0.0421. The molecule has 0 bridgehead atoms. The number of halogens is 1. The van der Waals surface area contributed by atoms with Gasteiger partial charge in [-0.15, -0.1) is 0 Å². The van der Waals surface area contributed by atoms with Gasteiger partial charge in [0.1, 0.15) is 11.2 Å². The summed E-state index contributed by atoms with van der Waals surface area (Å²) in [5.74, 6) is -0.168. The Morgan fingerprint density at radius 1 is 1.20 bits per heavy atom. The molecular formula is C27H32FN4O3+. The van der Waals surface area contributed by atoms with Crippen molar-refractivity contribution in [3.8, 4) is 6.07 Å². The number of hydrogen-bond acceptors (Lipinski definition) is 3. The average molecular weight is 480 g/mol. The molecule has 184 valence electrons. The van der Waals surface area contributed by atoms with Gasteiger partial charge < -0.3 is 20.3 Å². The van der Waals surface area contributed by atoms with Crippen molar-refractivity contribution in [2.75, 3.05) is 38.6 Å². The highest BCUT2D eigenvalue weighted by Gasteiger charge is 2.37. The van der Waals surface area contributed by atoms with Crippen LogP contribution >= 0.6 is 0 Å². The van der Waals surface area contributed by atoms with E-state index < -0.39 is 5.67 Å². The van der Waals surface area contributed by atoms with Crippen molar-refractivity contribution in [3.63, 3.8) is 0 Å². The molecule has 1 atom stereocenters. The summed E-state index contributed by atoms with van der Waals surface area (Å²) in [6, 6.07) is 14.9. The maximum Gasteiger partial charge on any atom is 0.319 e. The van der Waals surface area contributed by atoms with Gasteiger partial charge in [-0.2, -0.15) is 0 Å². The van der Waals surface area contributed by atoms with Gasteiger partial charge in [0.05, 0.1) is 6.10 Å². The fourth-order valence-electron chi connectivity index (χ4n) is 4.58. The molecule has 3 amide bonds. The summed E-state index contributed by atoms with van der Waals surface area (Å²) >= 11 is 0. The lowest BCUT2D eigenvalue weighted by atomic mass is 9.85. The van der Waals surface area contributed by atoms with Crippen molar-refractivity contribution < 1.29 is 18.7 Å². The SMILES string of the molecule is C[N+]#Cc1ccc(C2(F)CCN(C(=O)c3ccc(C)c(NC(=O)NCC4CCCO4)c3)CC2)cc1. The fraction of sp³-hybridized carbons (Fsp3) is 0.444. The van der Waals surface area contributed by atoms with Crippen molar-refractivity contribution >= 4 is 17.6 Å². The molecule has 2 aromatic carbocycles. The normalized spacial score (nSPS) is 18.9. The summed E-state index contributed by atoms with van der Waals surface area (Å²) in [6.07, 6.45) is 2.46. The minimum Gasteiger partial charge on any atom is -0.376 e. The van der Waals surface area contributed by atoms with Crippen LogP contribution in [0.2, 0.25) is 0 Å². The van der Waals surface area contributed by atoms with Crippen LogP contribution in [0.25, 0.3) is 4.85 Å². The van der Waals surface area contributed by atoms with E-state index >= 15 is 4.39 Å². The number of aryl methyl sites for hydroxylation is 1. The van der Waals surface area contributed by atoms with Crippen LogP contribution in [0.15, 0.2) is 42.5 Å². The Kier molecular flexibility index (Phi) is 7.67. The molecule has 1 unspecified atom stereocenters. The largest absolute Gasteiger partial charge is 0.376 e. The molecule has 0 radical (unpaired) electrons. The third kappa shape index (κ3) is 5.98. The van der Waals surface area contributed by atoms with Crippen LogP contribution in [-0.2, 0) is 10.4 Å². The topological polar surface area (TPSA) is 75.0 Å². The highest BCUT2D eigenvalue weighted by Crippen LogP contribution is 2.37. The van der Waals surface area contributed by atoms with Gasteiger partial charge >= 0.3 is 12.1 Å². The van der Waals surface area contributed by atoms with Gasteiger partial charge in [0.15, 0.2) is 0 Å². The van der Waals surface area contributed by atoms with Crippen LogP contribution < -0.4 is 10.6 Å². The van der Waals surface area contributed by atoms with Crippen molar-refractivity contribution in [1.82, 2.24) is 10.2 Å². The molecule has 2 fully saturated rings. The molecule has 0 aromatic heterocycles. The summed E-state index contributed by atoms with van der Waals surface area (Å²) in [7, 11) is 1.64. The summed E-state index contributed by atoms with van der Waals surface area (Å²) in [5, 5.41) is 5.66. The predicted molar refractivity (Wildman–Crippen MR) is 134 cm³/mol. The van der Waals surface area contributed by atoms with Crippen LogP contribution in [-0.4, -0.2) is 56.2 Å². The summed E-state index contributed by atoms with van der Waals surface area (Å²) < 4.78 is 21.2. The Labute approximate surface area is 205 Å². The molecule has 2 N–H and O–H groups in total. The first-order valence-corrected chi connectivity index (χ1v) is 12.1. The van der Waals surface area contributed by atoms with E-state index in [2.05, 4.69) is 21.5 Å². The molecule has 4 rings (SSSR count). The third-order valence-electron chi connectivity index (χ3n) is 6.73. The molecule has 2 aromatic rings. The van der Waals surface area contributed by atoms with E-state index in [4.69, 9.17) is 4.74 Å². The maximum atomic E-state index is 15.7. The molecule has 0 spiro atoms. The van der Waals surface area contributed by atoms with E-state index in [9.17, 15) is 9.59 Å². The summed E-state index contributed by atoms with van der Waals surface area (Å²) in [5.41, 5.74) is 1.84. The Bertz CT molecular complexity index is 1130. The zero-order chi connectivity index (χ0) is 24.8. The smallest absolute Gasteiger partial charge is 0.319 e. The number of urea groups is 1. The van der Waals surface area contributed by atoms with Crippen molar-refractivity contribution in [2.45, 2.75) is 44.4 Å². The van der Waals surface area contributed by atoms with Crippen LogP contribution in [0.1, 0.15) is 52.7 Å². The lowest BCUT2D eigenvalue weighted by Gasteiger charge is -2.36. The number of ether oxygens (including phenoxy) is 1. The molecular weight excluding hydrogens is 447 g/mol. The minimum absolute atomic E-state index is 0.0536. The van der Waals surface area contributed by atoms with E-state index in [0.29, 0.717) is 36.4 Å². The molecule has 8 heteroatoms. The monoisotopic (exact) mass is 479 g/mol. The maximum absolute atomic E-state index is 15.7. The van der Waals surface area contributed by atoms with E-state index in [1.54, 1.807) is 48.3 Å². The number of anilines is 1. The number of likely N-dealkylation sites (tertiary alicyclic amines) is 1. The number of alkyl halides is 1. The molecule has 0 aliphatic carbocycles. The summed E-state index contributed by atoms with van der Waals surface area (Å²) in [6.45, 7) is 3.69. The third-order valence-corrected chi connectivity index (χ3v) is 6.73. The number of amides is 3. The van der Waals surface area contributed by atoms with Gasteiger partial charge in [0.2, 0.25) is 0 Å². The first kappa shape index (κ1) is 24.7. The first-order valence-electron chi connectivity index (χ1n) is 12.1. The van der Waals surface area contributed by atoms with Gasteiger partial charge in [-0.05, 0) is 55.2 Å². The Hall–Kier alpha value is -3.44. The van der Waals surface area contributed by atoms with Gasteiger partial charge in [-0.25, -0.2) is 9.18 Å². The Morgan fingerprint density at radius 3 is 2.60 bits per heavy atom. The number of carbonyl (C=O) groups excluding carboxylic acids is 2. The Morgan fingerprint density at radius 2 is 1.94 bits per heavy atom. The second-order valence-electron chi connectivity index (χ2n) is 9.17. The standard InChI is InChI=1S/C27H31FN4O3/c1-19-5-8-21(16-24(19)31-26(34)30-18-23-4-3-15-35-23)25(33)32-13-11-27(28,12-14-32)22-9-6-20(7-10-22)17-29-2/h5-10,16,23H,3-4,11-15,18H2,1-2H3,(H-,30,31,34)/p+1. The van der Waals surface area contributed by atoms with Gasteiger partial charge in [-0.1, -0.05) is 23.0 Å². The number of nitrogens with one attached hydrogen (secondary N) is 2. The van der Waals surface area contributed by atoms with Crippen LogP contribution in [0.4, 0.5) is 14.9 Å². The number of hydrogen-bond donors (Lipinski definition) is 2. The molecule has 35 heavy (non-hydrogen) atoms. The van der Waals surface area contributed by atoms with Crippen LogP contribution in [0.5, 0.6) is 0 Å². The molecule has 7 nitrogen and oxygen atoms in total. The van der Waals surface area contributed by atoms with Crippen LogP contribution in [0.3, 0.4) is 0 Å². The number of rotatable bonds is 5. The van der Waals surface area contributed by atoms with Crippen molar-refractivity contribution in [2.24, 2.45) is 0 Å². The second kappa shape index (κ2) is 10.9. The van der Waals surface area contributed by atoms with Crippen molar-refractivity contribution in [1.29, 1.82) is 0 Å². The number of carbonyl (C=O) groups is 2. The molecule has 2 heterocycles. The number of nitrogens with zero attached hydrogens (tertiary/aromatic N) is 2. The number of benzene rings is 2. The molecule has 2 aliphatic rings. The Balaban J connectivity index is 1.36. The zero-order valence-electron chi connectivity index (χ0n) is 20.3. The lowest BCUT2D eigenvalue weighted by Crippen LogP contribution is -2.43. The van der Waals surface area contributed by atoms with Gasteiger partial charge in [-0.3, -0.25) is 4.79 Å². The fourth-order valence-corrected chi connectivity index (χ4v) is 4.58. The zero-order valence-corrected chi connectivity index (χ0v) is 20.3. The van der Waals surface area contributed by atoms with Gasteiger partial charge in [0.25, 0.3) is 13.0 Å². The second-order valence-corrected chi connectivity index (χ2v) is 9.17. The highest BCUT2D eigenvalue weighted by molar-refractivity contribution is 5.97. The molecule has 2 aliphatic heterocycles. The minimum atomic E-state index is -1.47.